The van der Waals surface area contributed by atoms with Crippen LogP contribution in [0.4, 0.5) is 5.95 Å². The molecule has 3 aromatic heterocycles. The maximum absolute atomic E-state index is 6.00. The lowest BCUT2D eigenvalue weighted by Crippen LogP contribution is -2.09. The predicted molar refractivity (Wildman–Crippen MR) is 70.7 cm³/mol. The molecule has 19 heavy (non-hydrogen) atoms. The first kappa shape index (κ1) is 11.8. The Kier molecular flexibility index (Phi) is 2.55. The van der Waals surface area contributed by atoms with E-state index in [0.717, 1.165) is 34.9 Å². The normalized spacial score (nSPS) is 11.5. The zero-order chi connectivity index (χ0) is 13.6. The van der Waals surface area contributed by atoms with Gasteiger partial charge in [-0.05, 0) is 20.8 Å². The highest BCUT2D eigenvalue weighted by Gasteiger charge is 2.17. The summed E-state index contributed by atoms with van der Waals surface area (Å²) in [6.07, 6.45) is 0. The third-order valence-electron chi connectivity index (χ3n) is 3.12. The van der Waals surface area contributed by atoms with Gasteiger partial charge < -0.3 is 10.3 Å². The van der Waals surface area contributed by atoms with Gasteiger partial charge in [0.25, 0.3) is 0 Å². The molecular weight excluding hydrogens is 244 g/mol. The Balaban J connectivity index is 2.14. The van der Waals surface area contributed by atoms with Crippen molar-refractivity contribution in [2.45, 2.75) is 33.9 Å². The Labute approximate surface area is 110 Å². The van der Waals surface area contributed by atoms with Crippen LogP contribution < -0.4 is 5.73 Å². The highest BCUT2D eigenvalue weighted by molar-refractivity contribution is 5.77. The fourth-order valence-electron chi connectivity index (χ4n) is 2.27. The number of hydrogen-bond acceptors (Lipinski definition) is 5. The summed E-state index contributed by atoms with van der Waals surface area (Å²) in [6.45, 7) is 7.15. The molecule has 3 heterocycles. The molecule has 2 N–H and O–H groups in total. The van der Waals surface area contributed by atoms with Gasteiger partial charge in [-0.1, -0.05) is 5.16 Å². The summed E-state index contributed by atoms with van der Waals surface area (Å²) >= 11 is 0. The molecule has 3 rings (SSSR count). The smallest absolute Gasteiger partial charge is 0.202 e. The van der Waals surface area contributed by atoms with Gasteiger partial charge in [-0.3, -0.25) is 4.57 Å². The number of nitrogen functional groups attached to an aromatic ring is 1. The van der Waals surface area contributed by atoms with Crippen LogP contribution in [0.1, 0.15) is 24.1 Å². The molecule has 100 valence electrons. The second-order valence-corrected chi connectivity index (χ2v) is 4.56. The van der Waals surface area contributed by atoms with E-state index in [1.165, 1.54) is 0 Å². The van der Waals surface area contributed by atoms with Crippen LogP contribution in [0.25, 0.3) is 11.2 Å². The zero-order valence-corrected chi connectivity index (χ0v) is 11.2. The van der Waals surface area contributed by atoms with Crippen molar-refractivity contribution in [3.63, 3.8) is 0 Å². The van der Waals surface area contributed by atoms with Crippen LogP contribution in [-0.4, -0.2) is 24.5 Å². The average Bonchev–Trinajstić information content (AvgIpc) is 3.00. The Hall–Kier alpha value is -2.31. The summed E-state index contributed by atoms with van der Waals surface area (Å²) in [6, 6.07) is 1.89. The lowest BCUT2D eigenvalue weighted by molar-refractivity contribution is 0.389. The summed E-state index contributed by atoms with van der Waals surface area (Å²) in [5.74, 6) is 1.25. The molecule has 0 unspecified atom stereocenters. The van der Waals surface area contributed by atoms with Crippen LogP contribution in [0.15, 0.2) is 10.6 Å². The number of aromatic nitrogens is 5. The molecule has 7 nitrogen and oxygen atoms in total. The molecule has 0 aromatic carbocycles. The van der Waals surface area contributed by atoms with E-state index < -0.39 is 0 Å². The van der Waals surface area contributed by atoms with E-state index in [0.29, 0.717) is 12.5 Å². The van der Waals surface area contributed by atoms with Crippen molar-refractivity contribution in [3.8, 4) is 0 Å². The Morgan fingerprint density at radius 2 is 2.16 bits per heavy atom. The minimum absolute atomic E-state index is 0.471. The molecule has 0 fully saturated rings. The van der Waals surface area contributed by atoms with E-state index >= 15 is 0 Å². The molecule has 7 heteroatoms. The summed E-state index contributed by atoms with van der Waals surface area (Å²) in [4.78, 5) is 4.38. The molecule has 0 saturated carbocycles. The molecule has 3 aromatic rings. The number of imidazole rings is 1. The van der Waals surface area contributed by atoms with E-state index in [4.69, 9.17) is 10.3 Å². The number of rotatable bonds is 3. The van der Waals surface area contributed by atoms with Gasteiger partial charge in [0.05, 0.1) is 12.2 Å². The minimum atomic E-state index is 0.471. The van der Waals surface area contributed by atoms with Gasteiger partial charge >= 0.3 is 0 Å². The number of anilines is 1. The minimum Gasteiger partial charge on any atom is -0.369 e. The first-order valence-electron chi connectivity index (χ1n) is 6.21. The van der Waals surface area contributed by atoms with E-state index in [-0.39, 0.29) is 0 Å². The Morgan fingerprint density at radius 1 is 1.37 bits per heavy atom. The largest absolute Gasteiger partial charge is 0.369 e. The maximum atomic E-state index is 6.00. The van der Waals surface area contributed by atoms with Gasteiger partial charge in [-0.25, -0.2) is 9.67 Å². The van der Waals surface area contributed by atoms with Gasteiger partial charge in [0.1, 0.15) is 17.0 Å². The molecule has 0 bridgehead atoms. The lowest BCUT2D eigenvalue weighted by atomic mass is 10.3. The van der Waals surface area contributed by atoms with Gasteiger partial charge in [0, 0.05) is 12.6 Å². The third-order valence-corrected chi connectivity index (χ3v) is 3.12. The molecule has 0 saturated heterocycles. The summed E-state index contributed by atoms with van der Waals surface area (Å²) < 4.78 is 8.90. The molecule has 0 atom stereocenters. The fraction of sp³-hybridized carbons (Fsp3) is 0.417. The highest BCUT2D eigenvalue weighted by atomic mass is 16.5. The van der Waals surface area contributed by atoms with Crippen molar-refractivity contribution in [1.29, 1.82) is 0 Å². The molecule has 0 aliphatic carbocycles. The van der Waals surface area contributed by atoms with Gasteiger partial charge in [-0.2, -0.15) is 5.10 Å². The van der Waals surface area contributed by atoms with Gasteiger partial charge in [-0.15, -0.1) is 0 Å². The van der Waals surface area contributed by atoms with E-state index in [1.54, 1.807) is 0 Å². The SMILES string of the molecule is CCn1nc(C)c2nc(N)n(Cc3cc(C)on3)c21. The average molecular weight is 260 g/mol. The number of aryl methyl sites for hydroxylation is 3. The van der Waals surface area contributed by atoms with Crippen molar-refractivity contribution in [2.75, 3.05) is 5.73 Å². The fourth-order valence-corrected chi connectivity index (χ4v) is 2.27. The first-order valence-corrected chi connectivity index (χ1v) is 6.21. The maximum Gasteiger partial charge on any atom is 0.202 e. The molecule has 0 aliphatic heterocycles. The molecule has 0 radical (unpaired) electrons. The third kappa shape index (κ3) is 1.78. The van der Waals surface area contributed by atoms with Crippen molar-refractivity contribution in [2.24, 2.45) is 0 Å². The van der Waals surface area contributed by atoms with Crippen LogP contribution in [0.2, 0.25) is 0 Å². The van der Waals surface area contributed by atoms with Gasteiger partial charge in [0.2, 0.25) is 5.95 Å². The Morgan fingerprint density at radius 3 is 2.79 bits per heavy atom. The number of fused-ring (bicyclic) bond motifs is 1. The second kappa shape index (κ2) is 4.11. The van der Waals surface area contributed by atoms with Gasteiger partial charge in [0.15, 0.2) is 5.65 Å². The van der Waals surface area contributed by atoms with Crippen LogP contribution in [0.5, 0.6) is 0 Å². The van der Waals surface area contributed by atoms with Crippen molar-refractivity contribution >= 4 is 17.1 Å². The summed E-state index contributed by atoms with van der Waals surface area (Å²) in [7, 11) is 0. The van der Waals surface area contributed by atoms with Crippen molar-refractivity contribution in [1.82, 2.24) is 24.5 Å². The van der Waals surface area contributed by atoms with E-state index in [2.05, 4.69) is 15.2 Å². The van der Waals surface area contributed by atoms with E-state index in [9.17, 15) is 0 Å². The summed E-state index contributed by atoms with van der Waals surface area (Å²) in [5.41, 5.74) is 9.48. The second-order valence-electron chi connectivity index (χ2n) is 4.56. The molecular formula is C12H16N6O. The number of nitrogens with two attached hydrogens (primary N) is 1. The summed E-state index contributed by atoms with van der Waals surface area (Å²) in [5, 5.41) is 8.44. The van der Waals surface area contributed by atoms with E-state index in [1.807, 2.05) is 36.1 Å². The van der Waals surface area contributed by atoms with Crippen LogP contribution in [0.3, 0.4) is 0 Å². The number of nitrogens with zero attached hydrogens (tertiary/aromatic N) is 5. The molecule has 0 aliphatic rings. The van der Waals surface area contributed by atoms with Crippen LogP contribution in [0, 0.1) is 13.8 Å². The predicted octanol–water partition coefficient (Wildman–Crippen LogP) is 1.49. The topological polar surface area (TPSA) is 87.7 Å². The van der Waals surface area contributed by atoms with Crippen molar-refractivity contribution < 1.29 is 4.52 Å². The quantitative estimate of drug-likeness (QED) is 0.770. The van der Waals surface area contributed by atoms with Crippen LogP contribution in [-0.2, 0) is 13.1 Å². The highest BCUT2D eigenvalue weighted by Crippen LogP contribution is 2.22. The standard InChI is InChI=1S/C12H16N6O/c1-4-18-11-10(8(3)15-18)14-12(13)17(11)6-9-5-7(2)19-16-9/h5H,4,6H2,1-3H3,(H2,13,14). The number of hydrogen-bond donors (Lipinski definition) is 1. The zero-order valence-electron chi connectivity index (χ0n) is 11.2. The van der Waals surface area contributed by atoms with Crippen LogP contribution >= 0.6 is 0 Å². The first-order chi connectivity index (χ1) is 9.10. The van der Waals surface area contributed by atoms with Crippen molar-refractivity contribution in [3.05, 3.63) is 23.2 Å². The molecule has 0 spiro atoms. The lowest BCUT2D eigenvalue weighted by Gasteiger charge is -2.05. The Bertz CT molecular complexity index is 735. The monoisotopic (exact) mass is 260 g/mol. The molecule has 0 amide bonds.